The van der Waals surface area contributed by atoms with Crippen LogP contribution in [-0.2, 0) is 4.74 Å². The predicted molar refractivity (Wildman–Crippen MR) is 160 cm³/mol. The highest BCUT2D eigenvalue weighted by Gasteiger charge is 2.28. The Balaban J connectivity index is 1.41. The van der Waals surface area contributed by atoms with E-state index in [1.807, 2.05) is 31.6 Å². The minimum absolute atomic E-state index is 0.126. The molecule has 226 valence electrons. The van der Waals surface area contributed by atoms with Crippen LogP contribution in [0.1, 0.15) is 45.2 Å². The van der Waals surface area contributed by atoms with Gasteiger partial charge in [0.25, 0.3) is 5.56 Å². The fraction of sp³-hybridized carbons (Fsp3) is 0.400. The molecule has 0 atom stereocenters. The van der Waals surface area contributed by atoms with Gasteiger partial charge >= 0.3 is 6.09 Å². The summed E-state index contributed by atoms with van der Waals surface area (Å²) in [5, 5.41) is 9.17. The van der Waals surface area contributed by atoms with Gasteiger partial charge in [-0.05, 0) is 46.6 Å². The fourth-order valence-electron chi connectivity index (χ4n) is 4.86. The standard InChI is InChI=1S/C30H36N8O5/c1-18-11-24(35-38(28(18)39)21-12-22(41-5)14-23(13-21)42-6)26-27(31)32-16-25(34-26)19-15-33-37(17-19)20-7-9-36(10-8-20)29(40)43-30(2,3)4/h11-17,20H,7-10H2,1-6H3,(H2,31,32). The average molecular weight is 589 g/mol. The maximum absolute atomic E-state index is 13.1. The van der Waals surface area contributed by atoms with Gasteiger partial charge in [-0.25, -0.2) is 14.8 Å². The van der Waals surface area contributed by atoms with Crippen LogP contribution in [0.25, 0.3) is 28.3 Å². The first kappa shape index (κ1) is 29.5. The Labute approximate surface area is 249 Å². The number of piperidine rings is 1. The van der Waals surface area contributed by atoms with Crippen molar-refractivity contribution >= 4 is 11.9 Å². The molecule has 13 nitrogen and oxygen atoms in total. The maximum Gasteiger partial charge on any atom is 0.410 e. The van der Waals surface area contributed by atoms with Crippen LogP contribution in [0.5, 0.6) is 11.5 Å². The molecule has 13 heteroatoms. The number of methoxy groups -OCH3 is 2. The zero-order valence-electron chi connectivity index (χ0n) is 25.2. The molecule has 0 saturated carbocycles. The summed E-state index contributed by atoms with van der Waals surface area (Å²) in [6.07, 6.45) is 6.43. The van der Waals surface area contributed by atoms with E-state index in [2.05, 4.69) is 15.2 Å². The second-order valence-electron chi connectivity index (χ2n) is 11.4. The molecule has 43 heavy (non-hydrogen) atoms. The number of aryl methyl sites for hydroxylation is 1. The summed E-state index contributed by atoms with van der Waals surface area (Å²) in [6.45, 7) is 8.45. The van der Waals surface area contributed by atoms with Crippen LogP contribution < -0.4 is 20.8 Å². The van der Waals surface area contributed by atoms with Crippen molar-refractivity contribution < 1.29 is 19.0 Å². The van der Waals surface area contributed by atoms with Crippen molar-refractivity contribution in [2.45, 2.75) is 52.2 Å². The van der Waals surface area contributed by atoms with E-state index in [0.717, 1.165) is 18.4 Å². The van der Waals surface area contributed by atoms with E-state index in [0.29, 0.717) is 52.9 Å². The van der Waals surface area contributed by atoms with Gasteiger partial charge in [-0.2, -0.15) is 14.9 Å². The van der Waals surface area contributed by atoms with Gasteiger partial charge in [0, 0.05) is 48.6 Å². The summed E-state index contributed by atoms with van der Waals surface area (Å²) in [5.74, 6) is 1.20. The van der Waals surface area contributed by atoms with Crippen molar-refractivity contribution in [3.8, 4) is 39.8 Å². The number of amides is 1. The molecule has 4 aromatic rings. The number of aromatic nitrogens is 6. The van der Waals surface area contributed by atoms with Crippen molar-refractivity contribution in [2.24, 2.45) is 0 Å². The highest BCUT2D eigenvalue weighted by Crippen LogP contribution is 2.29. The number of carbonyl (C=O) groups excluding carboxylic acids is 1. The molecule has 1 aromatic carbocycles. The minimum atomic E-state index is -0.530. The largest absolute Gasteiger partial charge is 0.497 e. The summed E-state index contributed by atoms with van der Waals surface area (Å²) in [7, 11) is 3.07. The molecule has 2 N–H and O–H groups in total. The first-order valence-electron chi connectivity index (χ1n) is 14.0. The SMILES string of the molecule is COc1cc(OC)cc(-n2nc(-c3nc(-c4cnn(C5CCN(C(=O)OC(C)(C)C)CC5)c4)cnc3N)cc(C)c2=O)c1. The third-order valence-electron chi connectivity index (χ3n) is 7.10. The predicted octanol–water partition coefficient (Wildman–Crippen LogP) is 4.03. The summed E-state index contributed by atoms with van der Waals surface area (Å²) < 4.78 is 19.4. The van der Waals surface area contributed by atoms with Crippen molar-refractivity contribution in [1.82, 2.24) is 34.4 Å². The summed E-state index contributed by atoms with van der Waals surface area (Å²) in [5.41, 5.74) is 8.37. The summed E-state index contributed by atoms with van der Waals surface area (Å²) in [6, 6.07) is 6.86. The zero-order chi connectivity index (χ0) is 30.9. The first-order valence-corrected chi connectivity index (χ1v) is 14.0. The zero-order valence-corrected chi connectivity index (χ0v) is 25.2. The van der Waals surface area contributed by atoms with Crippen molar-refractivity contribution in [3.63, 3.8) is 0 Å². The smallest absolute Gasteiger partial charge is 0.410 e. The van der Waals surface area contributed by atoms with Crippen molar-refractivity contribution in [2.75, 3.05) is 33.0 Å². The summed E-state index contributed by atoms with van der Waals surface area (Å²) in [4.78, 5) is 36.4. The molecule has 1 saturated heterocycles. The monoisotopic (exact) mass is 588 g/mol. The van der Waals surface area contributed by atoms with E-state index in [1.165, 1.54) is 18.9 Å². The molecule has 0 spiro atoms. The maximum atomic E-state index is 13.1. The molecule has 0 aliphatic carbocycles. The van der Waals surface area contributed by atoms with Crippen molar-refractivity contribution in [3.05, 3.63) is 58.8 Å². The van der Waals surface area contributed by atoms with Crippen LogP contribution >= 0.6 is 0 Å². The number of hydrogen-bond acceptors (Lipinski definition) is 10. The minimum Gasteiger partial charge on any atom is -0.497 e. The quantitative estimate of drug-likeness (QED) is 0.349. The third-order valence-corrected chi connectivity index (χ3v) is 7.10. The Kier molecular flexibility index (Phi) is 8.07. The third kappa shape index (κ3) is 6.45. The molecule has 3 aromatic heterocycles. The van der Waals surface area contributed by atoms with E-state index in [1.54, 1.807) is 48.5 Å². The molecule has 1 fully saturated rings. The number of nitrogens with two attached hydrogens (primary N) is 1. The lowest BCUT2D eigenvalue weighted by Gasteiger charge is -2.33. The number of ether oxygens (including phenoxy) is 3. The van der Waals surface area contributed by atoms with Gasteiger partial charge in [0.05, 0.1) is 44.0 Å². The number of nitrogen functional groups attached to an aromatic ring is 1. The first-order chi connectivity index (χ1) is 20.5. The lowest BCUT2D eigenvalue weighted by atomic mass is 10.1. The lowest BCUT2D eigenvalue weighted by molar-refractivity contribution is 0.0185. The Morgan fingerprint density at radius 1 is 1.00 bits per heavy atom. The second kappa shape index (κ2) is 11.7. The van der Waals surface area contributed by atoms with E-state index in [-0.39, 0.29) is 23.5 Å². The van der Waals surface area contributed by atoms with Crippen LogP contribution in [-0.4, -0.2) is 73.4 Å². The molecule has 1 aliphatic rings. The molecule has 1 amide bonds. The number of hydrogen-bond donors (Lipinski definition) is 1. The van der Waals surface area contributed by atoms with Gasteiger partial charge in [-0.15, -0.1) is 0 Å². The molecule has 0 radical (unpaired) electrons. The second-order valence-corrected chi connectivity index (χ2v) is 11.4. The van der Waals surface area contributed by atoms with Gasteiger partial charge in [-0.3, -0.25) is 9.48 Å². The van der Waals surface area contributed by atoms with Gasteiger partial charge in [0.15, 0.2) is 5.82 Å². The molecule has 1 aliphatic heterocycles. The fourth-order valence-corrected chi connectivity index (χ4v) is 4.86. The van der Waals surface area contributed by atoms with Gasteiger partial charge in [0.2, 0.25) is 0 Å². The van der Waals surface area contributed by atoms with Crippen LogP contribution in [0.15, 0.2) is 47.7 Å². The van der Waals surface area contributed by atoms with Crippen LogP contribution in [0.3, 0.4) is 0 Å². The molecular weight excluding hydrogens is 552 g/mol. The van der Waals surface area contributed by atoms with E-state index >= 15 is 0 Å². The number of carbonyl (C=O) groups is 1. The normalized spacial score (nSPS) is 14.0. The Bertz CT molecular complexity index is 1680. The molecule has 5 rings (SSSR count). The Morgan fingerprint density at radius 2 is 1.67 bits per heavy atom. The number of anilines is 1. The van der Waals surface area contributed by atoms with Crippen LogP contribution in [0, 0.1) is 6.92 Å². The number of nitrogens with zero attached hydrogens (tertiary/aromatic N) is 7. The molecule has 4 heterocycles. The summed E-state index contributed by atoms with van der Waals surface area (Å²) >= 11 is 0. The van der Waals surface area contributed by atoms with Gasteiger partial charge in [0.1, 0.15) is 28.5 Å². The number of rotatable bonds is 6. The highest BCUT2D eigenvalue weighted by molar-refractivity contribution is 5.70. The molecule has 0 bridgehead atoms. The average Bonchev–Trinajstić information content (AvgIpc) is 3.48. The molecule has 0 unspecified atom stereocenters. The highest BCUT2D eigenvalue weighted by atomic mass is 16.6. The lowest BCUT2D eigenvalue weighted by Crippen LogP contribution is -2.42. The Morgan fingerprint density at radius 3 is 2.30 bits per heavy atom. The molecular formula is C30H36N8O5. The topological polar surface area (TPSA) is 153 Å². The number of benzene rings is 1. The van der Waals surface area contributed by atoms with E-state index < -0.39 is 5.60 Å². The van der Waals surface area contributed by atoms with Gasteiger partial charge < -0.3 is 24.8 Å². The van der Waals surface area contributed by atoms with Crippen molar-refractivity contribution in [1.29, 1.82) is 0 Å². The van der Waals surface area contributed by atoms with Gasteiger partial charge in [-0.1, -0.05) is 0 Å². The van der Waals surface area contributed by atoms with E-state index in [4.69, 9.17) is 24.9 Å². The Hall–Kier alpha value is -4.94. The van der Waals surface area contributed by atoms with Crippen LogP contribution in [0.2, 0.25) is 0 Å². The van der Waals surface area contributed by atoms with E-state index in [9.17, 15) is 9.59 Å². The van der Waals surface area contributed by atoms with Crippen LogP contribution in [0.4, 0.5) is 10.6 Å². The number of likely N-dealkylation sites (tertiary alicyclic amines) is 1.